The van der Waals surface area contributed by atoms with E-state index in [-0.39, 0.29) is 18.5 Å². The topological polar surface area (TPSA) is 79.7 Å². The summed E-state index contributed by atoms with van der Waals surface area (Å²) < 4.78 is 5.33. The van der Waals surface area contributed by atoms with Crippen LogP contribution >= 0.6 is 0 Å². The zero-order valence-electron chi connectivity index (χ0n) is 13.6. The molecule has 1 aromatic carbocycles. The second-order valence-corrected chi connectivity index (χ2v) is 6.00. The van der Waals surface area contributed by atoms with Crippen molar-refractivity contribution in [3.05, 3.63) is 41.6 Å². The maximum absolute atomic E-state index is 13.1. The van der Waals surface area contributed by atoms with Crippen LogP contribution in [0.15, 0.2) is 30.3 Å². The number of carbonyl (C=O) groups excluding carboxylic acids is 1. The van der Waals surface area contributed by atoms with Crippen LogP contribution in [0.4, 0.5) is 0 Å². The van der Waals surface area contributed by atoms with Gasteiger partial charge in [0.15, 0.2) is 0 Å². The molecular formula is C18H20N2O4. The molecule has 0 atom stereocenters. The average molecular weight is 328 g/mol. The maximum atomic E-state index is 13.1. The van der Waals surface area contributed by atoms with Gasteiger partial charge in [0.1, 0.15) is 6.54 Å². The summed E-state index contributed by atoms with van der Waals surface area (Å²) in [6.07, 6.45) is 1.31. The first kappa shape index (κ1) is 16.4. The number of hydrogen-bond donors (Lipinski definition) is 1. The number of aliphatic carboxylic acids is 1. The first-order valence-corrected chi connectivity index (χ1v) is 8.03. The van der Waals surface area contributed by atoms with Crippen molar-refractivity contribution in [2.24, 2.45) is 0 Å². The van der Waals surface area contributed by atoms with Crippen LogP contribution in [-0.2, 0) is 9.53 Å². The first-order chi connectivity index (χ1) is 11.6. The molecule has 6 heteroatoms. The van der Waals surface area contributed by atoms with Crippen molar-refractivity contribution < 1.29 is 19.4 Å². The molecule has 1 amide bonds. The van der Waals surface area contributed by atoms with E-state index in [1.807, 2.05) is 31.2 Å². The number of carboxylic acids is 1. The van der Waals surface area contributed by atoms with Gasteiger partial charge in [-0.15, -0.1) is 0 Å². The van der Waals surface area contributed by atoms with Gasteiger partial charge in [-0.2, -0.15) is 0 Å². The van der Waals surface area contributed by atoms with Crippen molar-refractivity contribution in [2.45, 2.75) is 25.8 Å². The molecule has 1 aromatic heterocycles. The molecule has 0 unspecified atom stereocenters. The van der Waals surface area contributed by atoms with Crippen LogP contribution in [0.25, 0.3) is 10.9 Å². The molecule has 24 heavy (non-hydrogen) atoms. The number of aromatic nitrogens is 1. The fraction of sp³-hybridized carbons (Fsp3) is 0.389. The SMILES string of the molecule is Cc1cc(C(=O)N(CC(=O)O)C2CCOCC2)c2ccccc2n1. The highest BCUT2D eigenvalue weighted by atomic mass is 16.5. The number of carboxylic acid groups (broad SMARTS) is 1. The molecule has 1 N–H and O–H groups in total. The van der Waals surface area contributed by atoms with Gasteiger partial charge >= 0.3 is 5.97 Å². The zero-order chi connectivity index (χ0) is 17.1. The number of para-hydroxylation sites is 1. The predicted octanol–water partition coefficient (Wildman–Crippen LogP) is 2.25. The predicted molar refractivity (Wildman–Crippen MR) is 89.0 cm³/mol. The van der Waals surface area contributed by atoms with Crippen LogP contribution in [0.3, 0.4) is 0 Å². The maximum Gasteiger partial charge on any atom is 0.323 e. The number of hydrogen-bond acceptors (Lipinski definition) is 4. The number of pyridine rings is 1. The monoisotopic (exact) mass is 328 g/mol. The quantitative estimate of drug-likeness (QED) is 0.931. The summed E-state index contributed by atoms with van der Waals surface area (Å²) in [6.45, 7) is 2.62. The lowest BCUT2D eigenvalue weighted by molar-refractivity contribution is -0.138. The smallest absolute Gasteiger partial charge is 0.323 e. The van der Waals surface area contributed by atoms with Crippen molar-refractivity contribution in [3.8, 4) is 0 Å². The molecule has 6 nitrogen and oxygen atoms in total. The van der Waals surface area contributed by atoms with Crippen LogP contribution in [0.1, 0.15) is 28.9 Å². The van der Waals surface area contributed by atoms with Crippen molar-refractivity contribution in [1.82, 2.24) is 9.88 Å². The summed E-state index contributed by atoms with van der Waals surface area (Å²) in [5.41, 5.74) is 1.98. The summed E-state index contributed by atoms with van der Waals surface area (Å²) in [4.78, 5) is 30.3. The molecule has 1 aliphatic heterocycles. The van der Waals surface area contributed by atoms with E-state index in [2.05, 4.69) is 4.98 Å². The van der Waals surface area contributed by atoms with E-state index in [0.717, 1.165) is 16.6 Å². The third-order valence-corrected chi connectivity index (χ3v) is 4.27. The molecule has 2 heterocycles. The van der Waals surface area contributed by atoms with Gasteiger partial charge in [0.05, 0.1) is 11.1 Å². The summed E-state index contributed by atoms with van der Waals surface area (Å²) in [5.74, 6) is -1.27. The molecule has 1 fully saturated rings. The van der Waals surface area contributed by atoms with E-state index >= 15 is 0 Å². The Bertz CT molecular complexity index is 769. The average Bonchev–Trinajstić information content (AvgIpc) is 2.59. The van der Waals surface area contributed by atoms with Crippen LogP contribution in [0.5, 0.6) is 0 Å². The number of aryl methyl sites for hydroxylation is 1. The summed E-state index contributed by atoms with van der Waals surface area (Å²) in [6, 6.07) is 9.05. The highest BCUT2D eigenvalue weighted by Crippen LogP contribution is 2.23. The van der Waals surface area contributed by atoms with Crippen molar-refractivity contribution in [1.29, 1.82) is 0 Å². The molecule has 1 saturated heterocycles. The number of rotatable bonds is 4. The van der Waals surface area contributed by atoms with Gasteiger partial charge in [0.25, 0.3) is 5.91 Å². The molecule has 1 aliphatic rings. The largest absolute Gasteiger partial charge is 0.480 e. The van der Waals surface area contributed by atoms with Crippen molar-refractivity contribution in [2.75, 3.05) is 19.8 Å². The van der Waals surface area contributed by atoms with Crippen LogP contribution in [0.2, 0.25) is 0 Å². The van der Waals surface area contributed by atoms with Gasteiger partial charge in [-0.3, -0.25) is 14.6 Å². The minimum Gasteiger partial charge on any atom is -0.480 e. The Labute approximate surface area is 140 Å². The summed E-state index contributed by atoms with van der Waals surface area (Å²) in [5, 5.41) is 9.99. The lowest BCUT2D eigenvalue weighted by Gasteiger charge is -2.33. The number of nitrogens with zero attached hydrogens (tertiary/aromatic N) is 2. The molecule has 0 radical (unpaired) electrons. The van der Waals surface area contributed by atoms with E-state index in [1.54, 1.807) is 6.07 Å². The van der Waals surface area contributed by atoms with Crippen molar-refractivity contribution in [3.63, 3.8) is 0 Å². The van der Waals surface area contributed by atoms with Gasteiger partial charge < -0.3 is 14.7 Å². The van der Waals surface area contributed by atoms with E-state index < -0.39 is 5.97 Å². The third-order valence-electron chi connectivity index (χ3n) is 4.27. The Kier molecular flexibility index (Phi) is 4.76. The zero-order valence-corrected chi connectivity index (χ0v) is 13.6. The Morgan fingerprint density at radius 2 is 2.00 bits per heavy atom. The van der Waals surface area contributed by atoms with Gasteiger partial charge in [-0.25, -0.2) is 0 Å². The summed E-state index contributed by atoms with van der Waals surface area (Å²) >= 11 is 0. The molecule has 0 saturated carbocycles. The Hall–Kier alpha value is -2.47. The second kappa shape index (κ2) is 6.97. The lowest BCUT2D eigenvalue weighted by Crippen LogP contribution is -2.46. The molecule has 0 spiro atoms. The first-order valence-electron chi connectivity index (χ1n) is 8.03. The van der Waals surface area contributed by atoms with E-state index in [9.17, 15) is 14.7 Å². The number of amides is 1. The number of fused-ring (bicyclic) bond motifs is 1. The second-order valence-electron chi connectivity index (χ2n) is 6.00. The normalized spacial score (nSPS) is 15.4. The highest BCUT2D eigenvalue weighted by Gasteiger charge is 2.29. The number of benzene rings is 1. The molecule has 126 valence electrons. The van der Waals surface area contributed by atoms with Crippen LogP contribution in [-0.4, -0.2) is 52.7 Å². The fourth-order valence-corrected chi connectivity index (χ4v) is 3.15. The van der Waals surface area contributed by atoms with Gasteiger partial charge in [-0.05, 0) is 31.9 Å². The van der Waals surface area contributed by atoms with Gasteiger partial charge in [-0.1, -0.05) is 18.2 Å². The van der Waals surface area contributed by atoms with E-state index in [1.165, 1.54) is 4.90 Å². The van der Waals surface area contributed by atoms with Crippen LogP contribution < -0.4 is 0 Å². The van der Waals surface area contributed by atoms with Gasteiger partial charge in [0.2, 0.25) is 0 Å². The molecular weight excluding hydrogens is 308 g/mol. The minimum atomic E-state index is -1.01. The minimum absolute atomic E-state index is 0.116. The molecule has 2 aromatic rings. The Morgan fingerprint density at radius 3 is 2.71 bits per heavy atom. The molecule has 0 aliphatic carbocycles. The fourth-order valence-electron chi connectivity index (χ4n) is 3.15. The van der Waals surface area contributed by atoms with Gasteiger partial charge in [0, 0.05) is 30.3 Å². The molecule has 3 rings (SSSR count). The van der Waals surface area contributed by atoms with E-state index in [4.69, 9.17) is 4.74 Å². The lowest BCUT2D eigenvalue weighted by atomic mass is 10.0. The number of ether oxygens (including phenoxy) is 1. The Balaban J connectivity index is 2.02. The standard InChI is InChI=1S/C18H20N2O4/c1-12-10-15(14-4-2-3-5-16(14)19-12)18(23)20(11-17(21)22)13-6-8-24-9-7-13/h2-5,10,13H,6-9,11H2,1H3,(H,21,22). The Morgan fingerprint density at radius 1 is 1.29 bits per heavy atom. The number of carbonyl (C=O) groups is 2. The van der Waals surface area contributed by atoms with Crippen molar-refractivity contribution >= 4 is 22.8 Å². The highest BCUT2D eigenvalue weighted by molar-refractivity contribution is 6.07. The van der Waals surface area contributed by atoms with E-state index in [0.29, 0.717) is 31.6 Å². The summed E-state index contributed by atoms with van der Waals surface area (Å²) in [7, 11) is 0. The third kappa shape index (κ3) is 3.38. The van der Waals surface area contributed by atoms with Crippen LogP contribution in [0, 0.1) is 6.92 Å². The molecule has 0 bridgehead atoms.